The number of rotatable bonds is 3. The second-order valence-electron chi connectivity index (χ2n) is 7.04. The highest BCUT2D eigenvalue weighted by Crippen LogP contribution is 2.15. The molecule has 1 aromatic rings. The van der Waals surface area contributed by atoms with E-state index in [2.05, 4.69) is 15.3 Å². The van der Waals surface area contributed by atoms with Crippen LogP contribution in [0, 0.1) is 6.92 Å². The third kappa shape index (κ3) is 5.30. The fourth-order valence-electron chi connectivity index (χ4n) is 2.59. The molecule has 0 bridgehead atoms. The predicted octanol–water partition coefficient (Wildman–Crippen LogP) is 1.91. The highest BCUT2D eigenvalue weighted by Gasteiger charge is 2.26. The van der Waals surface area contributed by atoms with Crippen LogP contribution in [0.3, 0.4) is 0 Å². The molecule has 0 aliphatic carbocycles. The van der Waals surface area contributed by atoms with Crippen molar-refractivity contribution in [2.45, 2.75) is 40.2 Å². The molecule has 25 heavy (non-hydrogen) atoms. The third-order valence-electron chi connectivity index (χ3n) is 3.65. The fourth-order valence-corrected chi connectivity index (χ4v) is 2.59. The molecule has 1 fully saturated rings. The number of hydrogen-bond acceptors (Lipinski definition) is 6. The van der Waals surface area contributed by atoms with Crippen molar-refractivity contribution in [1.82, 2.24) is 19.8 Å². The van der Waals surface area contributed by atoms with E-state index in [1.54, 1.807) is 29.7 Å². The molecule has 1 aromatic heterocycles. The number of anilines is 1. The van der Waals surface area contributed by atoms with E-state index in [1.807, 2.05) is 20.8 Å². The molecule has 2 rings (SSSR count). The van der Waals surface area contributed by atoms with Crippen LogP contribution in [0.15, 0.2) is 6.07 Å². The molecular formula is C17H27N5O3. The Morgan fingerprint density at radius 2 is 1.76 bits per heavy atom. The lowest BCUT2D eigenvalue weighted by Gasteiger charge is -2.34. The lowest BCUT2D eigenvalue weighted by Crippen LogP contribution is -2.50. The summed E-state index contributed by atoms with van der Waals surface area (Å²) in [5.41, 5.74) is 0.204. The van der Waals surface area contributed by atoms with Crippen LogP contribution in [-0.2, 0) is 4.74 Å². The molecular weight excluding hydrogens is 322 g/mol. The Morgan fingerprint density at radius 3 is 2.32 bits per heavy atom. The van der Waals surface area contributed by atoms with Gasteiger partial charge in [0.15, 0.2) is 0 Å². The van der Waals surface area contributed by atoms with Gasteiger partial charge in [-0.25, -0.2) is 14.8 Å². The minimum absolute atomic E-state index is 0.147. The van der Waals surface area contributed by atoms with Crippen LogP contribution in [-0.4, -0.2) is 70.1 Å². The Labute approximate surface area is 148 Å². The Balaban J connectivity index is 2.05. The largest absolute Gasteiger partial charge is 0.450 e. The minimum Gasteiger partial charge on any atom is -0.450 e. The van der Waals surface area contributed by atoms with E-state index in [0.29, 0.717) is 50.1 Å². The second kappa shape index (κ2) is 7.67. The van der Waals surface area contributed by atoms with E-state index >= 15 is 0 Å². The molecule has 0 unspecified atom stereocenters. The number of carbonyl (C=O) groups is 2. The smallest absolute Gasteiger partial charge is 0.409 e. The molecule has 0 radical (unpaired) electrons. The number of piperazine rings is 1. The van der Waals surface area contributed by atoms with Crippen molar-refractivity contribution in [3.63, 3.8) is 0 Å². The molecule has 138 valence electrons. The summed E-state index contributed by atoms with van der Waals surface area (Å²) >= 11 is 0. The number of hydrogen-bond donors (Lipinski definition) is 1. The molecule has 8 nitrogen and oxygen atoms in total. The molecule has 1 aliphatic rings. The van der Waals surface area contributed by atoms with Crippen molar-refractivity contribution >= 4 is 17.8 Å². The summed E-state index contributed by atoms with van der Waals surface area (Å²) in [5.74, 6) is 1.03. The SMILES string of the molecule is CCOC(=O)N1CCN(C(=O)c2cc(NC(C)(C)C)nc(C)n2)CC1. The van der Waals surface area contributed by atoms with Crippen LogP contribution in [0.2, 0.25) is 0 Å². The second-order valence-corrected chi connectivity index (χ2v) is 7.04. The Bertz CT molecular complexity index is 634. The summed E-state index contributed by atoms with van der Waals surface area (Å²) in [5, 5.41) is 3.26. The van der Waals surface area contributed by atoms with Crippen LogP contribution in [0.1, 0.15) is 44.0 Å². The number of nitrogens with one attached hydrogen (secondary N) is 1. The van der Waals surface area contributed by atoms with Crippen molar-refractivity contribution in [1.29, 1.82) is 0 Å². The highest BCUT2D eigenvalue weighted by atomic mass is 16.6. The number of nitrogens with zero attached hydrogens (tertiary/aromatic N) is 4. The maximum atomic E-state index is 12.7. The zero-order chi connectivity index (χ0) is 18.6. The predicted molar refractivity (Wildman–Crippen MR) is 94.6 cm³/mol. The average Bonchev–Trinajstić information content (AvgIpc) is 2.52. The van der Waals surface area contributed by atoms with E-state index in [1.165, 1.54) is 0 Å². The maximum Gasteiger partial charge on any atom is 0.409 e. The standard InChI is InChI=1S/C17H27N5O3/c1-6-25-16(24)22-9-7-21(8-10-22)15(23)13-11-14(19-12(2)18-13)20-17(3,4)5/h11H,6-10H2,1-5H3,(H,18,19,20). The van der Waals surface area contributed by atoms with E-state index in [-0.39, 0.29) is 17.5 Å². The van der Waals surface area contributed by atoms with Crippen LogP contribution in [0.5, 0.6) is 0 Å². The molecule has 0 atom stereocenters. The van der Waals surface area contributed by atoms with E-state index in [9.17, 15) is 9.59 Å². The van der Waals surface area contributed by atoms with Gasteiger partial charge in [0.05, 0.1) is 6.61 Å². The van der Waals surface area contributed by atoms with Gasteiger partial charge in [-0.05, 0) is 34.6 Å². The van der Waals surface area contributed by atoms with Crippen LogP contribution < -0.4 is 5.32 Å². The number of aryl methyl sites for hydroxylation is 1. The van der Waals surface area contributed by atoms with Gasteiger partial charge >= 0.3 is 6.09 Å². The summed E-state index contributed by atoms with van der Waals surface area (Å²) in [6, 6.07) is 1.68. The quantitative estimate of drug-likeness (QED) is 0.897. The van der Waals surface area contributed by atoms with Gasteiger partial charge in [0.2, 0.25) is 0 Å². The summed E-state index contributed by atoms with van der Waals surface area (Å²) in [6.07, 6.45) is -0.329. The maximum absolute atomic E-state index is 12.7. The molecule has 1 aliphatic heterocycles. The monoisotopic (exact) mass is 349 g/mol. The summed E-state index contributed by atoms with van der Waals surface area (Å²) in [4.78, 5) is 36.4. The molecule has 8 heteroatoms. The first kappa shape index (κ1) is 19.0. The van der Waals surface area contributed by atoms with Gasteiger partial charge in [0.25, 0.3) is 5.91 Å². The van der Waals surface area contributed by atoms with Crippen molar-refractivity contribution in [2.24, 2.45) is 0 Å². The summed E-state index contributed by atoms with van der Waals surface area (Å²) < 4.78 is 4.99. The molecule has 1 N–H and O–H groups in total. The number of aromatic nitrogens is 2. The van der Waals surface area contributed by atoms with Crippen molar-refractivity contribution in [3.05, 3.63) is 17.6 Å². The van der Waals surface area contributed by atoms with E-state index in [4.69, 9.17) is 4.74 Å². The van der Waals surface area contributed by atoms with Gasteiger partial charge in [-0.2, -0.15) is 0 Å². The first-order chi connectivity index (χ1) is 11.7. The molecule has 1 saturated heterocycles. The highest BCUT2D eigenvalue weighted by molar-refractivity contribution is 5.93. The molecule has 2 heterocycles. The topological polar surface area (TPSA) is 87.7 Å². The van der Waals surface area contributed by atoms with Gasteiger partial charge in [-0.1, -0.05) is 0 Å². The van der Waals surface area contributed by atoms with Crippen LogP contribution in [0.25, 0.3) is 0 Å². The number of ether oxygens (including phenoxy) is 1. The van der Waals surface area contributed by atoms with E-state index in [0.717, 1.165) is 0 Å². The Kier molecular flexibility index (Phi) is 5.81. The zero-order valence-corrected chi connectivity index (χ0v) is 15.6. The lowest BCUT2D eigenvalue weighted by atomic mass is 10.1. The molecule has 0 saturated carbocycles. The number of carbonyl (C=O) groups excluding carboxylic acids is 2. The van der Waals surface area contributed by atoms with E-state index < -0.39 is 0 Å². The first-order valence-corrected chi connectivity index (χ1v) is 8.54. The summed E-state index contributed by atoms with van der Waals surface area (Å²) in [6.45, 7) is 11.8. The normalized spacial score (nSPS) is 15.1. The Morgan fingerprint density at radius 1 is 1.16 bits per heavy atom. The lowest BCUT2D eigenvalue weighted by molar-refractivity contribution is 0.0565. The van der Waals surface area contributed by atoms with Gasteiger partial charge in [0.1, 0.15) is 17.3 Å². The Hall–Kier alpha value is -2.38. The van der Waals surface area contributed by atoms with Gasteiger partial charge < -0.3 is 19.9 Å². The van der Waals surface area contributed by atoms with Gasteiger partial charge in [-0.15, -0.1) is 0 Å². The first-order valence-electron chi connectivity index (χ1n) is 8.54. The van der Waals surface area contributed by atoms with Gasteiger partial charge in [-0.3, -0.25) is 4.79 Å². The molecule has 0 aromatic carbocycles. The average molecular weight is 349 g/mol. The van der Waals surface area contributed by atoms with Crippen molar-refractivity contribution < 1.29 is 14.3 Å². The third-order valence-corrected chi connectivity index (χ3v) is 3.65. The zero-order valence-electron chi connectivity index (χ0n) is 15.6. The van der Waals surface area contributed by atoms with Crippen LogP contribution in [0.4, 0.5) is 10.6 Å². The molecule has 0 spiro atoms. The number of amides is 2. The van der Waals surface area contributed by atoms with Crippen molar-refractivity contribution in [3.8, 4) is 0 Å². The fraction of sp³-hybridized carbons (Fsp3) is 0.647. The van der Waals surface area contributed by atoms with Crippen molar-refractivity contribution in [2.75, 3.05) is 38.1 Å². The molecule has 2 amide bonds. The van der Waals surface area contributed by atoms with Crippen LogP contribution >= 0.6 is 0 Å². The van der Waals surface area contributed by atoms with Gasteiger partial charge in [0, 0.05) is 37.8 Å². The minimum atomic E-state index is -0.329. The summed E-state index contributed by atoms with van der Waals surface area (Å²) in [7, 11) is 0.